The van der Waals surface area contributed by atoms with Gasteiger partial charge < -0.3 is 48.5 Å². The van der Waals surface area contributed by atoms with Gasteiger partial charge in [0.2, 0.25) is 17.7 Å². The minimum absolute atomic E-state index is 0.0262. The van der Waals surface area contributed by atoms with Crippen LogP contribution in [0.4, 0.5) is 0 Å². The topological polar surface area (TPSA) is 273 Å². The van der Waals surface area contributed by atoms with Crippen LogP contribution in [0, 0.1) is 0 Å². The molecule has 0 aromatic carbocycles. The zero-order chi connectivity index (χ0) is 24.8. The van der Waals surface area contributed by atoms with Crippen molar-refractivity contribution in [1.29, 1.82) is 0 Å². The van der Waals surface area contributed by atoms with Crippen LogP contribution in [0.15, 0.2) is 4.99 Å². The van der Waals surface area contributed by atoms with Crippen LogP contribution < -0.4 is 33.2 Å². The molecule has 0 saturated carbocycles. The Hall–Kier alpha value is -3.11. The van der Waals surface area contributed by atoms with Crippen LogP contribution in [-0.4, -0.2) is 94.0 Å². The van der Waals surface area contributed by atoms with E-state index in [1.807, 2.05) is 5.32 Å². The van der Waals surface area contributed by atoms with Gasteiger partial charge in [0.1, 0.15) is 18.1 Å². The van der Waals surface area contributed by atoms with E-state index in [-0.39, 0.29) is 31.1 Å². The number of nitrogens with zero attached hydrogens (tertiary/aromatic N) is 1. The summed E-state index contributed by atoms with van der Waals surface area (Å²) in [5.74, 6) is -6.00. The van der Waals surface area contributed by atoms with Gasteiger partial charge in [-0.05, 0) is 12.8 Å². The maximum Gasteiger partial charge on any atom is 0.326 e. The summed E-state index contributed by atoms with van der Waals surface area (Å²) in [6.07, 6.45) is -0.795. The van der Waals surface area contributed by atoms with Gasteiger partial charge in [-0.25, -0.2) is 4.79 Å². The second kappa shape index (κ2) is 14.8. The minimum Gasteiger partial charge on any atom is -0.481 e. The van der Waals surface area contributed by atoms with Crippen LogP contribution in [0.2, 0.25) is 0 Å². The van der Waals surface area contributed by atoms with E-state index in [0.29, 0.717) is 0 Å². The summed E-state index contributed by atoms with van der Waals surface area (Å²) in [5.41, 5.74) is 15.9. The summed E-state index contributed by atoms with van der Waals surface area (Å²) >= 11 is 3.85. The molecule has 4 unspecified atom stereocenters. The molecule has 0 fully saturated rings. The number of carbonyl (C=O) groups is 5. The van der Waals surface area contributed by atoms with E-state index in [1.165, 1.54) is 0 Å². The number of hydrogen-bond donors (Lipinski definition) is 10. The lowest BCUT2D eigenvalue weighted by molar-refractivity contribution is -0.147. The van der Waals surface area contributed by atoms with Gasteiger partial charge in [-0.3, -0.25) is 24.2 Å². The van der Waals surface area contributed by atoms with Crippen LogP contribution in [0.3, 0.4) is 0 Å². The first-order chi connectivity index (χ1) is 14.9. The molecular weight excluding hydrogens is 450 g/mol. The monoisotopic (exact) mass is 479 g/mol. The molecule has 16 heteroatoms. The van der Waals surface area contributed by atoms with Gasteiger partial charge >= 0.3 is 11.9 Å². The lowest BCUT2D eigenvalue weighted by atomic mass is 10.1. The highest BCUT2D eigenvalue weighted by Crippen LogP contribution is 2.03. The fraction of sp³-hybridized carbons (Fsp3) is 0.625. The Morgan fingerprint density at radius 2 is 1.44 bits per heavy atom. The number of aliphatic imine (C=N–C) groups is 1. The van der Waals surface area contributed by atoms with E-state index in [9.17, 15) is 29.1 Å². The summed E-state index contributed by atoms with van der Waals surface area (Å²) in [7, 11) is 0. The van der Waals surface area contributed by atoms with Gasteiger partial charge in [-0.2, -0.15) is 12.6 Å². The molecule has 0 aliphatic carbocycles. The van der Waals surface area contributed by atoms with Gasteiger partial charge in [0, 0.05) is 12.3 Å². The highest BCUT2D eigenvalue weighted by molar-refractivity contribution is 7.80. The molecule has 0 bridgehead atoms. The van der Waals surface area contributed by atoms with Crippen LogP contribution in [0.5, 0.6) is 0 Å². The van der Waals surface area contributed by atoms with Crippen molar-refractivity contribution in [3.63, 3.8) is 0 Å². The zero-order valence-corrected chi connectivity index (χ0v) is 18.0. The average Bonchev–Trinajstić information content (AvgIpc) is 2.71. The van der Waals surface area contributed by atoms with Crippen molar-refractivity contribution >= 4 is 48.2 Å². The molecule has 0 aliphatic rings. The number of amides is 3. The Bertz CT molecular complexity index is 717. The molecule has 12 N–H and O–H groups in total. The van der Waals surface area contributed by atoms with Crippen LogP contribution in [0.25, 0.3) is 0 Å². The van der Waals surface area contributed by atoms with Crippen molar-refractivity contribution in [2.75, 3.05) is 18.9 Å². The highest BCUT2D eigenvalue weighted by Gasteiger charge is 2.30. The largest absolute Gasteiger partial charge is 0.481 e. The van der Waals surface area contributed by atoms with E-state index in [4.69, 9.17) is 27.4 Å². The second-order valence-electron chi connectivity index (χ2n) is 6.54. The van der Waals surface area contributed by atoms with Crippen molar-refractivity contribution in [3.05, 3.63) is 0 Å². The summed E-state index contributed by atoms with van der Waals surface area (Å²) in [6, 6.07) is -5.61. The summed E-state index contributed by atoms with van der Waals surface area (Å²) in [6.45, 7) is -0.744. The number of carbonyl (C=O) groups excluding carboxylic acids is 3. The standard InChI is InChI=1S/C16H29N7O8S/c17-7(6-32)12(27)23-10(5-24)14(29)21-8(2-1-3-20-16(18)19)13(28)22-9(15(30)31)4-11(25)26/h7-10,24,32H,1-6,17H2,(H,21,29)(H,22,28)(H,23,27)(H,25,26)(H,30,31)(H4,18,19,20). The number of nitrogens with one attached hydrogen (secondary N) is 3. The highest BCUT2D eigenvalue weighted by atomic mass is 32.1. The molecule has 0 radical (unpaired) electrons. The molecule has 182 valence electrons. The van der Waals surface area contributed by atoms with E-state index in [0.717, 1.165) is 0 Å². The first-order valence-corrected chi connectivity index (χ1v) is 9.94. The smallest absolute Gasteiger partial charge is 0.326 e. The van der Waals surface area contributed by atoms with Crippen LogP contribution >= 0.6 is 12.6 Å². The van der Waals surface area contributed by atoms with Crippen molar-refractivity contribution in [3.8, 4) is 0 Å². The van der Waals surface area contributed by atoms with E-state index < -0.39 is 66.9 Å². The quantitative estimate of drug-likeness (QED) is 0.0461. The number of aliphatic hydroxyl groups is 1. The molecule has 15 nitrogen and oxygen atoms in total. The Labute approximate surface area is 188 Å². The molecule has 4 atom stereocenters. The van der Waals surface area contributed by atoms with E-state index >= 15 is 0 Å². The predicted molar refractivity (Wildman–Crippen MR) is 115 cm³/mol. The number of carboxylic acid groups (broad SMARTS) is 2. The molecule has 32 heavy (non-hydrogen) atoms. The fourth-order valence-electron chi connectivity index (χ4n) is 2.25. The van der Waals surface area contributed by atoms with Crippen molar-refractivity contribution < 1.29 is 39.3 Å². The molecule has 3 amide bonds. The zero-order valence-electron chi connectivity index (χ0n) is 17.1. The molecule has 0 saturated heterocycles. The first-order valence-electron chi connectivity index (χ1n) is 9.31. The van der Waals surface area contributed by atoms with Gasteiger partial charge in [0.05, 0.1) is 19.1 Å². The van der Waals surface area contributed by atoms with Gasteiger partial charge in [0.25, 0.3) is 0 Å². The third-order valence-electron chi connectivity index (χ3n) is 3.92. The molecule has 0 aromatic rings. The van der Waals surface area contributed by atoms with E-state index in [2.05, 4.69) is 28.3 Å². The van der Waals surface area contributed by atoms with Gasteiger partial charge in [-0.1, -0.05) is 0 Å². The second-order valence-corrected chi connectivity index (χ2v) is 6.91. The molecule has 0 aliphatic heterocycles. The van der Waals surface area contributed by atoms with E-state index in [1.54, 1.807) is 0 Å². The lowest BCUT2D eigenvalue weighted by Crippen LogP contribution is -2.58. The Kier molecular flexibility index (Phi) is 13.4. The van der Waals surface area contributed by atoms with Crippen LogP contribution in [0.1, 0.15) is 19.3 Å². The third kappa shape index (κ3) is 11.3. The Morgan fingerprint density at radius 1 is 0.906 bits per heavy atom. The number of nitrogens with two attached hydrogens (primary N) is 3. The average molecular weight is 480 g/mol. The Balaban J connectivity index is 5.39. The van der Waals surface area contributed by atoms with Gasteiger partial charge in [-0.15, -0.1) is 0 Å². The molecule has 0 aromatic heterocycles. The normalized spacial score (nSPS) is 14.2. The summed E-state index contributed by atoms with van der Waals surface area (Å²) in [4.78, 5) is 62.6. The van der Waals surface area contributed by atoms with Crippen LogP contribution in [-0.2, 0) is 24.0 Å². The number of hydrogen-bond acceptors (Lipinski definition) is 9. The van der Waals surface area contributed by atoms with Crippen molar-refractivity contribution in [2.45, 2.75) is 43.4 Å². The number of guanidine groups is 1. The number of rotatable bonds is 15. The lowest BCUT2D eigenvalue weighted by Gasteiger charge is -2.24. The molecule has 0 heterocycles. The maximum absolute atomic E-state index is 12.5. The first kappa shape index (κ1) is 28.9. The Morgan fingerprint density at radius 3 is 1.91 bits per heavy atom. The number of carboxylic acids is 2. The number of aliphatic hydroxyl groups excluding tert-OH is 1. The minimum atomic E-state index is -1.75. The van der Waals surface area contributed by atoms with Gasteiger partial charge in [0.15, 0.2) is 5.96 Å². The molecular formula is C16H29N7O8S. The van der Waals surface area contributed by atoms with Crippen molar-refractivity contribution in [2.24, 2.45) is 22.2 Å². The third-order valence-corrected chi connectivity index (χ3v) is 4.31. The number of aliphatic carboxylic acids is 2. The predicted octanol–water partition coefficient (Wildman–Crippen LogP) is -4.70. The SMILES string of the molecule is NC(N)=NCCCC(NC(=O)C(CO)NC(=O)C(N)CS)C(=O)NC(CC(=O)O)C(=O)O. The molecule has 0 rings (SSSR count). The maximum atomic E-state index is 12.5. The van der Waals surface area contributed by atoms with Crippen molar-refractivity contribution in [1.82, 2.24) is 16.0 Å². The molecule has 0 spiro atoms. The fourth-order valence-corrected chi connectivity index (χ4v) is 2.41. The summed E-state index contributed by atoms with van der Waals surface area (Å²) < 4.78 is 0. The number of thiol groups is 1. The summed E-state index contributed by atoms with van der Waals surface area (Å²) in [5, 5.41) is 33.8.